The highest BCUT2D eigenvalue weighted by Crippen LogP contribution is 2.16. The summed E-state index contributed by atoms with van der Waals surface area (Å²) in [4.78, 5) is 6.65. The van der Waals surface area contributed by atoms with E-state index in [1.165, 1.54) is 0 Å². The van der Waals surface area contributed by atoms with Crippen LogP contribution in [-0.4, -0.2) is 11.5 Å². The second kappa shape index (κ2) is 6.06. The standard InChI is InChI=1S/C9H10BrN5/c10-8-5-7(9(11)13-6-8)3-1-2-4-14-15-12/h1,3,5-6H,2,4H2,(H2,11,13). The van der Waals surface area contributed by atoms with Gasteiger partial charge >= 0.3 is 0 Å². The molecule has 0 fully saturated rings. The first-order valence-electron chi connectivity index (χ1n) is 4.32. The molecule has 5 nitrogen and oxygen atoms in total. The summed E-state index contributed by atoms with van der Waals surface area (Å²) in [7, 11) is 0. The molecule has 2 N–H and O–H groups in total. The predicted octanol–water partition coefficient (Wildman–Crippen LogP) is 3.14. The van der Waals surface area contributed by atoms with Gasteiger partial charge in [0, 0.05) is 27.7 Å². The maximum Gasteiger partial charge on any atom is 0.130 e. The fraction of sp³-hybridized carbons (Fsp3) is 0.222. The van der Waals surface area contributed by atoms with Crippen LogP contribution in [0.5, 0.6) is 0 Å². The van der Waals surface area contributed by atoms with Gasteiger partial charge in [-0.25, -0.2) is 4.98 Å². The highest BCUT2D eigenvalue weighted by molar-refractivity contribution is 9.10. The second-order valence-electron chi connectivity index (χ2n) is 2.77. The maximum atomic E-state index is 8.06. The van der Waals surface area contributed by atoms with Gasteiger partial charge in [0.2, 0.25) is 0 Å². The molecule has 0 unspecified atom stereocenters. The van der Waals surface area contributed by atoms with Crippen molar-refractivity contribution in [1.82, 2.24) is 4.98 Å². The number of pyridine rings is 1. The molecule has 0 aliphatic rings. The van der Waals surface area contributed by atoms with Crippen molar-refractivity contribution < 1.29 is 0 Å². The number of nitrogens with two attached hydrogens (primary N) is 1. The van der Waals surface area contributed by atoms with E-state index in [0.717, 1.165) is 10.0 Å². The normalized spacial score (nSPS) is 10.2. The van der Waals surface area contributed by atoms with Crippen LogP contribution in [0.2, 0.25) is 0 Å². The molecule has 0 aromatic carbocycles. The first-order chi connectivity index (χ1) is 7.24. The van der Waals surface area contributed by atoms with Crippen LogP contribution < -0.4 is 5.73 Å². The monoisotopic (exact) mass is 267 g/mol. The van der Waals surface area contributed by atoms with Crippen molar-refractivity contribution >= 4 is 27.8 Å². The van der Waals surface area contributed by atoms with Gasteiger partial charge < -0.3 is 5.73 Å². The van der Waals surface area contributed by atoms with E-state index in [-0.39, 0.29) is 0 Å². The molecule has 0 saturated heterocycles. The molecule has 0 aliphatic carbocycles. The molecular weight excluding hydrogens is 258 g/mol. The number of nitrogen functional groups attached to an aromatic ring is 1. The zero-order valence-electron chi connectivity index (χ0n) is 7.97. The summed E-state index contributed by atoms with van der Waals surface area (Å²) in [6.07, 6.45) is 6.09. The molecule has 1 heterocycles. The van der Waals surface area contributed by atoms with Crippen molar-refractivity contribution in [2.75, 3.05) is 12.3 Å². The SMILES string of the molecule is [N-]=[N+]=NCCC=Cc1cc(Br)cnc1N. The fourth-order valence-electron chi connectivity index (χ4n) is 0.986. The summed E-state index contributed by atoms with van der Waals surface area (Å²) in [5.41, 5.74) is 14.6. The van der Waals surface area contributed by atoms with Gasteiger partial charge in [-0.15, -0.1) is 0 Å². The molecule has 1 rings (SSSR count). The fourth-order valence-corrected chi connectivity index (χ4v) is 1.34. The molecule has 15 heavy (non-hydrogen) atoms. The Hall–Kier alpha value is -1.52. The highest BCUT2D eigenvalue weighted by atomic mass is 79.9. The maximum absolute atomic E-state index is 8.06. The van der Waals surface area contributed by atoms with Crippen LogP contribution in [0.15, 0.2) is 27.9 Å². The number of rotatable bonds is 4. The van der Waals surface area contributed by atoms with E-state index in [1.807, 2.05) is 18.2 Å². The third-order valence-corrected chi connectivity index (χ3v) is 2.11. The van der Waals surface area contributed by atoms with Crippen molar-refractivity contribution in [3.8, 4) is 0 Å². The number of hydrogen-bond acceptors (Lipinski definition) is 3. The molecule has 0 spiro atoms. The Balaban J connectivity index is 2.63. The van der Waals surface area contributed by atoms with Gasteiger partial charge in [-0.2, -0.15) is 0 Å². The number of aromatic nitrogens is 1. The average Bonchev–Trinajstić information content (AvgIpc) is 2.23. The van der Waals surface area contributed by atoms with Crippen molar-refractivity contribution in [3.05, 3.63) is 38.8 Å². The number of nitrogens with zero attached hydrogens (tertiary/aromatic N) is 4. The molecule has 0 atom stereocenters. The summed E-state index contributed by atoms with van der Waals surface area (Å²) in [5.74, 6) is 0.484. The van der Waals surface area contributed by atoms with Crippen molar-refractivity contribution in [2.24, 2.45) is 5.11 Å². The van der Waals surface area contributed by atoms with Gasteiger partial charge in [0.05, 0.1) is 0 Å². The van der Waals surface area contributed by atoms with Gasteiger partial charge in [0.15, 0.2) is 0 Å². The lowest BCUT2D eigenvalue weighted by molar-refractivity contribution is 0.995. The van der Waals surface area contributed by atoms with E-state index in [2.05, 4.69) is 30.9 Å². The third kappa shape index (κ3) is 4.01. The Morgan fingerprint density at radius 2 is 2.47 bits per heavy atom. The van der Waals surface area contributed by atoms with Crippen LogP contribution in [0.25, 0.3) is 16.5 Å². The van der Waals surface area contributed by atoms with E-state index in [4.69, 9.17) is 11.3 Å². The van der Waals surface area contributed by atoms with E-state index in [1.54, 1.807) is 6.20 Å². The Morgan fingerprint density at radius 3 is 3.20 bits per heavy atom. The zero-order chi connectivity index (χ0) is 11.1. The Morgan fingerprint density at radius 1 is 1.67 bits per heavy atom. The van der Waals surface area contributed by atoms with Crippen LogP contribution in [0.4, 0.5) is 5.82 Å². The Bertz CT molecular complexity index is 409. The highest BCUT2D eigenvalue weighted by Gasteiger charge is 1.96. The summed E-state index contributed by atoms with van der Waals surface area (Å²) in [6, 6.07) is 1.88. The first kappa shape index (κ1) is 11.6. The van der Waals surface area contributed by atoms with E-state index >= 15 is 0 Å². The number of azide groups is 1. The molecular formula is C9H10BrN5. The molecule has 1 aromatic rings. The number of halogens is 1. The quantitative estimate of drug-likeness (QED) is 0.393. The lowest BCUT2D eigenvalue weighted by Crippen LogP contribution is -1.92. The largest absolute Gasteiger partial charge is 0.383 e. The average molecular weight is 268 g/mol. The molecule has 0 aliphatic heterocycles. The van der Waals surface area contributed by atoms with Crippen LogP contribution in [0.1, 0.15) is 12.0 Å². The Labute approximate surface area is 95.8 Å². The third-order valence-electron chi connectivity index (χ3n) is 1.67. The van der Waals surface area contributed by atoms with Crippen LogP contribution in [0, 0.1) is 0 Å². The first-order valence-corrected chi connectivity index (χ1v) is 5.11. The van der Waals surface area contributed by atoms with Crippen LogP contribution in [0.3, 0.4) is 0 Å². The molecule has 0 amide bonds. The molecule has 6 heteroatoms. The summed E-state index contributed by atoms with van der Waals surface area (Å²) in [5, 5.41) is 3.42. The Kier molecular flexibility index (Phi) is 4.66. The molecule has 0 saturated carbocycles. The van der Waals surface area contributed by atoms with Crippen molar-refractivity contribution in [3.63, 3.8) is 0 Å². The van der Waals surface area contributed by atoms with E-state index in [0.29, 0.717) is 18.8 Å². The van der Waals surface area contributed by atoms with Gasteiger partial charge in [-0.3, -0.25) is 0 Å². The minimum atomic E-state index is 0.453. The van der Waals surface area contributed by atoms with Gasteiger partial charge in [0.25, 0.3) is 0 Å². The number of hydrogen-bond donors (Lipinski definition) is 1. The summed E-state index contributed by atoms with van der Waals surface area (Å²) >= 11 is 3.31. The molecule has 1 aromatic heterocycles. The lowest BCUT2D eigenvalue weighted by atomic mass is 10.2. The summed E-state index contributed by atoms with van der Waals surface area (Å²) in [6.45, 7) is 0.453. The minimum absolute atomic E-state index is 0.453. The van der Waals surface area contributed by atoms with Gasteiger partial charge in [-0.05, 0) is 33.9 Å². The van der Waals surface area contributed by atoms with Crippen molar-refractivity contribution in [2.45, 2.75) is 6.42 Å². The zero-order valence-corrected chi connectivity index (χ0v) is 9.55. The number of anilines is 1. The minimum Gasteiger partial charge on any atom is -0.383 e. The topological polar surface area (TPSA) is 87.7 Å². The van der Waals surface area contributed by atoms with E-state index < -0.39 is 0 Å². The molecule has 78 valence electrons. The molecule has 0 radical (unpaired) electrons. The van der Waals surface area contributed by atoms with Crippen molar-refractivity contribution in [1.29, 1.82) is 0 Å². The van der Waals surface area contributed by atoms with Crippen LogP contribution in [-0.2, 0) is 0 Å². The smallest absolute Gasteiger partial charge is 0.130 e. The lowest BCUT2D eigenvalue weighted by Gasteiger charge is -1.99. The van der Waals surface area contributed by atoms with E-state index in [9.17, 15) is 0 Å². The van der Waals surface area contributed by atoms with Gasteiger partial charge in [-0.1, -0.05) is 17.3 Å². The summed E-state index contributed by atoms with van der Waals surface area (Å²) < 4.78 is 0.881. The predicted molar refractivity (Wildman–Crippen MR) is 64.0 cm³/mol. The second-order valence-corrected chi connectivity index (χ2v) is 3.69. The van der Waals surface area contributed by atoms with Crippen LogP contribution >= 0.6 is 15.9 Å². The molecule has 0 bridgehead atoms. The van der Waals surface area contributed by atoms with Gasteiger partial charge in [0.1, 0.15) is 5.82 Å².